The number of nitrogens with zero attached hydrogens (tertiary/aromatic N) is 1. The molecular formula is C15H16BrFN2. The number of halogens is 2. The first-order valence-corrected chi connectivity index (χ1v) is 7.09. The lowest BCUT2D eigenvalue weighted by atomic mass is 10.00. The van der Waals surface area contributed by atoms with Crippen molar-refractivity contribution in [3.8, 4) is 0 Å². The summed E-state index contributed by atoms with van der Waals surface area (Å²) < 4.78 is 14.4. The molecule has 1 heterocycles. The first-order valence-electron chi connectivity index (χ1n) is 6.30. The van der Waals surface area contributed by atoms with Crippen molar-refractivity contribution in [2.45, 2.75) is 19.4 Å². The fraction of sp³-hybridized carbons (Fsp3) is 0.267. The van der Waals surface area contributed by atoms with Crippen LogP contribution >= 0.6 is 15.9 Å². The van der Waals surface area contributed by atoms with Gasteiger partial charge in [-0.3, -0.25) is 4.98 Å². The van der Waals surface area contributed by atoms with E-state index in [0.29, 0.717) is 0 Å². The van der Waals surface area contributed by atoms with Crippen molar-refractivity contribution in [3.05, 3.63) is 64.1 Å². The fourth-order valence-corrected chi connectivity index (χ4v) is 2.22. The van der Waals surface area contributed by atoms with Gasteiger partial charge in [0.2, 0.25) is 0 Å². The molecule has 100 valence electrons. The molecule has 0 spiro atoms. The van der Waals surface area contributed by atoms with Crippen molar-refractivity contribution in [1.82, 2.24) is 10.3 Å². The number of nitrogens with one attached hydrogen (secondary N) is 1. The molecule has 0 amide bonds. The Morgan fingerprint density at radius 2 is 1.95 bits per heavy atom. The SMILES string of the molecule is CCCNC(c1ccc(Br)cc1)c1cncc(F)c1. The minimum atomic E-state index is -0.307. The highest BCUT2D eigenvalue weighted by atomic mass is 79.9. The molecule has 1 aromatic heterocycles. The van der Waals surface area contributed by atoms with Crippen LogP contribution in [0.5, 0.6) is 0 Å². The highest BCUT2D eigenvalue weighted by molar-refractivity contribution is 9.10. The molecule has 0 aliphatic rings. The third-order valence-corrected chi connectivity index (χ3v) is 3.39. The minimum absolute atomic E-state index is 0.0312. The first-order chi connectivity index (χ1) is 9.20. The summed E-state index contributed by atoms with van der Waals surface area (Å²) >= 11 is 3.42. The number of aromatic nitrogens is 1. The number of pyridine rings is 1. The van der Waals surface area contributed by atoms with E-state index in [4.69, 9.17) is 0 Å². The maximum atomic E-state index is 13.3. The normalized spacial score (nSPS) is 12.4. The third-order valence-electron chi connectivity index (χ3n) is 2.86. The van der Waals surface area contributed by atoms with Crippen LogP contribution in [-0.4, -0.2) is 11.5 Å². The summed E-state index contributed by atoms with van der Waals surface area (Å²) in [5.74, 6) is -0.307. The summed E-state index contributed by atoms with van der Waals surface area (Å²) in [6.45, 7) is 2.98. The zero-order chi connectivity index (χ0) is 13.7. The van der Waals surface area contributed by atoms with Crippen molar-refractivity contribution in [1.29, 1.82) is 0 Å². The number of hydrogen-bond acceptors (Lipinski definition) is 2. The lowest BCUT2D eigenvalue weighted by molar-refractivity contribution is 0.580. The van der Waals surface area contributed by atoms with Crippen LogP contribution in [0.2, 0.25) is 0 Å². The van der Waals surface area contributed by atoms with Gasteiger partial charge in [-0.1, -0.05) is 35.0 Å². The van der Waals surface area contributed by atoms with Crippen molar-refractivity contribution < 1.29 is 4.39 Å². The molecule has 0 aliphatic carbocycles. The average molecular weight is 323 g/mol. The van der Waals surface area contributed by atoms with Gasteiger partial charge in [0.15, 0.2) is 0 Å². The van der Waals surface area contributed by atoms with Gasteiger partial charge in [0.1, 0.15) is 5.82 Å². The summed E-state index contributed by atoms with van der Waals surface area (Å²) in [4.78, 5) is 3.93. The van der Waals surface area contributed by atoms with E-state index in [1.807, 2.05) is 24.3 Å². The first kappa shape index (κ1) is 14.2. The van der Waals surface area contributed by atoms with Gasteiger partial charge in [0.05, 0.1) is 12.2 Å². The molecule has 19 heavy (non-hydrogen) atoms. The quantitative estimate of drug-likeness (QED) is 0.897. The van der Waals surface area contributed by atoms with Crippen LogP contribution in [0.1, 0.15) is 30.5 Å². The Morgan fingerprint density at radius 3 is 2.58 bits per heavy atom. The lowest BCUT2D eigenvalue weighted by Crippen LogP contribution is -2.23. The van der Waals surface area contributed by atoms with E-state index in [9.17, 15) is 4.39 Å². The van der Waals surface area contributed by atoms with Crippen LogP contribution in [0.4, 0.5) is 4.39 Å². The van der Waals surface area contributed by atoms with Crippen LogP contribution in [0.15, 0.2) is 47.2 Å². The van der Waals surface area contributed by atoms with E-state index in [2.05, 4.69) is 33.2 Å². The monoisotopic (exact) mass is 322 g/mol. The Kier molecular flexibility index (Phi) is 5.05. The Labute approximate surface area is 121 Å². The minimum Gasteiger partial charge on any atom is -0.306 e. The zero-order valence-corrected chi connectivity index (χ0v) is 12.3. The number of rotatable bonds is 5. The van der Waals surface area contributed by atoms with E-state index in [1.165, 1.54) is 12.3 Å². The Bertz CT molecular complexity index is 528. The second-order valence-corrected chi connectivity index (χ2v) is 5.29. The second-order valence-electron chi connectivity index (χ2n) is 4.38. The van der Waals surface area contributed by atoms with Gasteiger partial charge in [-0.2, -0.15) is 0 Å². The van der Waals surface area contributed by atoms with Gasteiger partial charge >= 0.3 is 0 Å². The Hall–Kier alpha value is -1.26. The smallest absolute Gasteiger partial charge is 0.141 e. The van der Waals surface area contributed by atoms with Crippen LogP contribution in [0, 0.1) is 5.82 Å². The molecular weight excluding hydrogens is 307 g/mol. The van der Waals surface area contributed by atoms with Gasteiger partial charge in [-0.25, -0.2) is 4.39 Å². The van der Waals surface area contributed by atoms with Crippen LogP contribution < -0.4 is 5.32 Å². The lowest BCUT2D eigenvalue weighted by Gasteiger charge is -2.19. The largest absolute Gasteiger partial charge is 0.306 e. The van der Waals surface area contributed by atoms with Gasteiger partial charge < -0.3 is 5.32 Å². The summed E-state index contributed by atoms with van der Waals surface area (Å²) in [7, 11) is 0. The maximum Gasteiger partial charge on any atom is 0.141 e. The third kappa shape index (κ3) is 3.85. The standard InChI is InChI=1S/C15H16BrFN2/c1-2-7-19-15(11-3-5-13(16)6-4-11)12-8-14(17)10-18-9-12/h3-6,8-10,15,19H,2,7H2,1H3. The van der Waals surface area contributed by atoms with E-state index in [-0.39, 0.29) is 11.9 Å². The summed E-state index contributed by atoms with van der Waals surface area (Å²) in [5.41, 5.74) is 1.94. The van der Waals surface area contributed by atoms with Gasteiger partial charge in [0, 0.05) is 10.7 Å². The molecule has 0 fully saturated rings. The molecule has 0 radical (unpaired) electrons. The van der Waals surface area contributed by atoms with Crippen LogP contribution in [0.25, 0.3) is 0 Å². The molecule has 0 bridgehead atoms. The predicted octanol–water partition coefficient (Wildman–Crippen LogP) is 4.07. The molecule has 1 atom stereocenters. The Morgan fingerprint density at radius 1 is 1.21 bits per heavy atom. The highest BCUT2D eigenvalue weighted by Gasteiger charge is 2.14. The summed E-state index contributed by atoms with van der Waals surface area (Å²) in [5, 5.41) is 3.43. The summed E-state index contributed by atoms with van der Waals surface area (Å²) in [6, 6.07) is 9.54. The van der Waals surface area contributed by atoms with E-state index < -0.39 is 0 Å². The molecule has 1 N–H and O–H groups in total. The second kappa shape index (κ2) is 6.78. The molecule has 2 nitrogen and oxygen atoms in total. The van der Waals surface area contributed by atoms with E-state index in [1.54, 1.807) is 6.20 Å². The maximum absolute atomic E-state index is 13.3. The Balaban J connectivity index is 2.32. The van der Waals surface area contributed by atoms with Crippen LogP contribution in [0.3, 0.4) is 0 Å². The molecule has 1 unspecified atom stereocenters. The van der Waals surface area contributed by atoms with Crippen LogP contribution in [-0.2, 0) is 0 Å². The molecule has 0 aliphatic heterocycles. The van der Waals surface area contributed by atoms with E-state index in [0.717, 1.165) is 28.6 Å². The van der Waals surface area contributed by atoms with Gasteiger partial charge in [-0.15, -0.1) is 0 Å². The molecule has 4 heteroatoms. The van der Waals surface area contributed by atoms with Crippen molar-refractivity contribution in [2.24, 2.45) is 0 Å². The number of benzene rings is 1. The molecule has 0 saturated carbocycles. The molecule has 2 rings (SSSR count). The average Bonchev–Trinajstić information content (AvgIpc) is 2.41. The van der Waals surface area contributed by atoms with Gasteiger partial charge in [-0.05, 0) is 42.3 Å². The topological polar surface area (TPSA) is 24.9 Å². The van der Waals surface area contributed by atoms with Gasteiger partial charge in [0.25, 0.3) is 0 Å². The molecule has 1 aromatic carbocycles. The molecule has 2 aromatic rings. The predicted molar refractivity (Wildman–Crippen MR) is 78.5 cm³/mol. The number of hydrogen-bond donors (Lipinski definition) is 1. The highest BCUT2D eigenvalue weighted by Crippen LogP contribution is 2.23. The van der Waals surface area contributed by atoms with E-state index >= 15 is 0 Å². The summed E-state index contributed by atoms with van der Waals surface area (Å²) in [6.07, 6.45) is 3.95. The van der Waals surface area contributed by atoms with Crippen molar-refractivity contribution in [3.63, 3.8) is 0 Å². The fourth-order valence-electron chi connectivity index (χ4n) is 1.96. The molecule has 0 saturated heterocycles. The van der Waals surface area contributed by atoms with Crippen molar-refractivity contribution >= 4 is 15.9 Å². The van der Waals surface area contributed by atoms with Crippen molar-refractivity contribution in [2.75, 3.05) is 6.54 Å². The zero-order valence-electron chi connectivity index (χ0n) is 10.7.